The summed E-state index contributed by atoms with van der Waals surface area (Å²) >= 11 is 0. The Kier molecular flexibility index (Phi) is 5.95. The van der Waals surface area contributed by atoms with Crippen LogP contribution >= 0.6 is 0 Å². The summed E-state index contributed by atoms with van der Waals surface area (Å²) in [4.78, 5) is 27.8. The van der Waals surface area contributed by atoms with Crippen molar-refractivity contribution in [1.29, 1.82) is 0 Å². The molecule has 1 atom stereocenters. The zero-order valence-electron chi connectivity index (χ0n) is 13.3. The maximum absolute atomic E-state index is 12.2. The molecule has 2 rings (SSSR count). The highest BCUT2D eigenvalue weighted by molar-refractivity contribution is 5.82. The van der Waals surface area contributed by atoms with Gasteiger partial charge in [-0.05, 0) is 5.56 Å². The topological polar surface area (TPSA) is 49.9 Å². The first kappa shape index (κ1) is 16.5. The van der Waals surface area contributed by atoms with Crippen molar-refractivity contribution in [1.82, 2.24) is 9.80 Å². The van der Waals surface area contributed by atoms with Gasteiger partial charge < -0.3 is 9.64 Å². The zero-order chi connectivity index (χ0) is 15.9. The minimum atomic E-state index is -0.375. The van der Waals surface area contributed by atoms with Crippen molar-refractivity contribution in [2.75, 3.05) is 33.3 Å². The fourth-order valence-corrected chi connectivity index (χ4v) is 2.67. The Morgan fingerprint density at radius 3 is 2.36 bits per heavy atom. The van der Waals surface area contributed by atoms with Gasteiger partial charge in [0.2, 0.25) is 5.91 Å². The van der Waals surface area contributed by atoms with Crippen LogP contribution < -0.4 is 0 Å². The van der Waals surface area contributed by atoms with Gasteiger partial charge >= 0.3 is 5.97 Å². The maximum atomic E-state index is 12.2. The first-order valence-electron chi connectivity index (χ1n) is 7.72. The Balaban J connectivity index is 1.77. The van der Waals surface area contributed by atoms with E-state index in [0.717, 1.165) is 32.7 Å². The third kappa shape index (κ3) is 4.56. The minimum absolute atomic E-state index is 0.0391. The predicted octanol–water partition coefficient (Wildman–Crippen LogP) is 1.53. The monoisotopic (exact) mass is 304 g/mol. The standard InChI is InChI=1S/C17H24N2O3/c1-14(17(21)22-2)12-16(20)19-10-8-18(9-11-19)13-15-6-4-3-5-7-15/h3-7,14H,8-13H2,1-2H3/t14-/m0/s1. The number of esters is 1. The Hall–Kier alpha value is -1.88. The van der Waals surface area contributed by atoms with Crippen molar-refractivity contribution < 1.29 is 14.3 Å². The van der Waals surface area contributed by atoms with Gasteiger partial charge in [0.1, 0.15) is 0 Å². The van der Waals surface area contributed by atoms with Gasteiger partial charge in [-0.15, -0.1) is 0 Å². The number of methoxy groups -OCH3 is 1. The highest BCUT2D eigenvalue weighted by Crippen LogP contribution is 2.12. The molecule has 0 N–H and O–H groups in total. The molecule has 22 heavy (non-hydrogen) atoms. The average molecular weight is 304 g/mol. The van der Waals surface area contributed by atoms with Crippen LogP contribution in [0.3, 0.4) is 0 Å². The first-order valence-corrected chi connectivity index (χ1v) is 7.72. The molecule has 1 fully saturated rings. The largest absolute Gasteiger partial charge is 0.469 e. The Labute approximate surface area is 131 Å². The molecule has 5 nitrogen and oxygen atoms in total. The lowest BCUT2D eigenvalue weighted by molar-refractivity contribution is -0.148. The van der Waals surface area contributed by atoms with Crippen molar-refractivity contribution in [3.8, 4) is 0 Å². The second-order valence-electron chi connectivity index (χ2n) is 5.77. The van der Waals surface area contributed by atoms with Gasteiger partial charge in [-0.1, -0.05) is 37.3 Å². The molecule has 1 aromatic carbocycles. The molecule has 1 aromatic rings. The summed E-state index contributed by atoms with van der Waals surface area (Å²) in [6.45, 7) is 5.83. The van der Waals surface area contributed by atoms with E-state index < -0.39 is 0 Å². The Morgan fingerprint density at radius 1 is 1.14 bits per heavy atom. The van der Waals surface area contributed by atoms with Gasteiger partial charge in [-0.2, -0.15) is 0 Å². The average Bonchev–Trinajstić information content (AvgIpc) is 2.55. The Morgan fingerprint density at radius 2 is 1.77 bits per heavy atom. The molecular formula is C17H24N2O3. The highest BCUT2D eigenvalue weighted by Gasteiger charge is 2.24. The van der Waals surface area contributed by atoms with Crippen LogP contribution in [0.2, 0.25) is 0 Å². The van der Waals surface area contributed by atoms with Crippen LogP contribution in [-0.2, 0) is 20.9 Å². The number of nitrogens with zero attached hydrogens (tertiary/aromatic N) is 2. The number of benzene rings is 1. The second kappa shape index (κ2) is 7.94. The molecule has 120 valence electrons. The number of hydrogen-bond donors (Lipinski definition) is 0. The fraction of sp³-hybridized carbons (Fsp3) is 0.529. The summed E-state index contributed by atoms with van der Waals surface area (Å²) in [5.74, 6) is -0.659. The Bertz CT molecular complexity index is 496. The van der Waals surface area contributed by atoms with E-state index in [4.69, 9.17) is 0 Å². The van der Waals surface area contributed by atoms with Crippen LogP contribution in [0.15, 0.2) is 30.3 Å². The van der Waals surface area contributed by atoms with E-state index in [0.29, 0.717) is 0 Å². The molecule has 0 unspecified atom stereocenters. The normalized spacial score (nSPS) is 17.1. The predicted molar refractivity (Wildman–Crippen MR) is 84.1 cm³/mol. The number of amides is 1. The van der Waals surface area contributed by atoms with Gasteiger partial charge in [0.05, 0.1) is 13.0 Å². The molecule has 0 radical (unpaired) electrons. The van der Waals surface area contributed by atoms with E-state index in [1.54, 1.807) is 6.92 Å². The third-order valence-electron chi connectivity index (χ3n) is 4.06. The van der Waals surface area contributed by atoms with Crippen LogP contribution in [0, 0.1) is 5.92 Å². The molecule has 1 heterocycles. The van der Waals surface area contributed by atoms with Crippen LogP contribution in [-0.4, -0.2) is 55.0 Å². The summed E-state index contributed by atoms with van der Waals surface area (Å²) in [6, 6.07) is 10.3. The summed E-state index contributed by atoms with van der Waals surface area (Å²) in [7, 11) is 1.35. The molecule has 1 aliphatic heterocycles. The molecule has 0 aliphatic carbocycles. The maximum Gasteiger partial charge on any atom is 0.308 e. The van der Waals surface area contributed by atoms with E-state index in [2.05, 4.69) is 21.8 Å². The molecule has 5 heteroatoms. The summed E-state index contributed by atoms with van der Waals surface area (Å²) < 4.78 is 4.67. The van der Waals surface area contributed by atoms with Gasteiger partial charge in [0.15, 0.2) is 0 Å². The molecule has 1 aliphatic rings. The summed E-state index contributed by atoms with van der Waals surface area (Å²) in [5.41, 5.74) is 1.29. The van der Waals surface area contributed by atoms with E-state index in [9.17, 15) is 9.59 Å². The van der Waals surface area contributed by atoms with Crippen LogP contribution in [0.1, 0.15) is 18.9 Å². The summed E-state index contributed by atoms with van der Waals surface area (Å²) in [5, 5.41) is 0. The molecule has 0 aromatic heterocycles. The third-order valence-corrected chi connectivity index (χ3v) is 4.06. The molecule has 0 bridgehead atoms. The van der Waals surface area contributed by atoms with Crippen molar-refractivity contribution in [3.63, 3.8) is 0 Å². The first-order chi connectivity index (χ1) is 10.6. The van der Waals surface area contributed by atoms with Crippen molar-refractivity contribution >= 4 is 11.9 Å². The minimum Gasteiger partial charge on any atom is -0.469 e. The molecule has 1 amide bonds. The number of ether oxygens (including phenoxy) is 1. The number of carbonyl (C=O) groups is 2. The quantitative estimate of drug-likeness (QED) is 0.774. The van der Waals surface area contributed by atoms with Crippen LogP contribution in [0.5, 0.6) is 0 Å². The van der Waals surface area contributed by atoms with Crippen LogP contribution in [0.25, 0.3) is 0 Å². The summed E-state index contributed by atoms with van der Waals surface area (Å²) in [6.07, 6.45) is 0.228. The van der Waals surface area contributed by atoms with E-state index >= 15 is 0 Å². The second-order valence-corrected chi connectivity index (χ2v) is 5.77. The van der Waals surface area contributed by atoms with Gasteiger partial charge in [0, 0.05) is 39.1 Å². The SMILES string of the molecule is COC(=O)[C@@H](C)CC(=O)N1CCN(Cc2ccccc2)CC1. The van der Waals surface area contributed by atoms with E-state index in [1.807, 2.05) is 23.1 Å². The molecular weight excluding hydrogens is 280 g/mol. The smallest absolute Gasteiger partial charge is 0.308 e. The fourth-order valence-electron chi connectivity index (χ4n) is 2.67. The zero-order valence-corrected chi connectivity index (χ0v) is 13.3. The lowest BCUT2D eigenvalue weighted by Gasteiger charge is -2.35. The number of piperazine rings is 1. The van der Waals surface area contributed by atoms with Crippen molar-refractivity contribution in [3.05, 3.63) is 35.9 Å². The lowest BCUT2D eigenvalue weighted by atomic mass is 10.1. The lowest BCUT2D eigenvalue weighted by Crippen LogP contribution is -2.48. The van der Waals surface area contributed by atoms with Crippen molar-refractivity contribution in [2.24, 2.45) is 5.92 Å². The van der Waals surface area contributed by atoms with E-state index in [-0.39, 0.29) is 24.2 Å². The van der Waals surface area contributed by atoms with Crippen LogP contribution in [0.4, 0.5) is 0 Å². The van der Waals surface area contributed by atoms with Gasteiger partial charge in [0.25, 0.3) is 0 Å². The molecule has 0 saturated carbocycles. The van der Waals surface area contributed by atoms with Crippen molar-refractivity contribution in [2.45, 2.75) is 19.9 Å². The molecule has 1 saturated heterocycles. The van der Waals surface area contributed by atoms with Gasteiger partial charge in [-0.25, -0.2) is 0 Å². The number of hydrogen-bond acceptors (Lipinski definition) is 4. The molecule has 0 spiro atoms. The van der Waals surface area contributed by atoms with E-state index in [1.165, 1.54) is 12.7 Å². The van der Waals surface area contributed by atoms with Gasteiger partial charge in [-0.3, -0.25) is 14.5 Å². The number of carbonyl (C=O) groups excluding carboxylic acids is 2. The number of rotatable bonds is 5. The highest BCUT2D eigenvalue weighted by atomic mass is 16.5.